The van der Waals surface area contributed by atoms with Crippen LogP contribution in [0, 0.1) is 6.92 Å². The van der Waals surface area contributed by atoms with Crippen LogP contribution in [0.15, 0.2) is 54.6 Å². The van der Waals surface area contributed by atoms with Crippen molar-refractivity contribution in [3.05, 3.63) is 65.9 Å². The van der Waals surface area contributed by atoms with E-state index in [2.05, 4.69) is 27.8 Å². The summed E-state index contributed by atoms with van der Waals surface area (Å²) in [6.45, 7) is 4.37. The molecule has 0 aliphatic carbocycles. The number of amides is 1. The fourth-order valence-electron chi connectivity index (χ4n) is 2.75. The lowest BCUT2D eigenvalue weighted by Gasteiger charge is -2.11. The molecule has 1 heterocycles. The number of benzene rings is 2. The molecule has 0 unspecified atom stereocenters. The van der Waals surface area contributed by atoms with Crippen molar-refractivity contribution in [3.63, 3.8) is 0 Å². The monoisotopic (exact) mass is 319 g/mol. The van der Waals surface area contributed by atoms with Gasteiger partial charge in [-0.3, -0.25) is 9.78 Å². The average Bonchev–Trinajstić information content (AvgIpc) is 2.56. The molecule has 0 saturated heterocycles. The number of nitrogens with zero attached hydrogens (tertiary/aromatic N) is 1. The SMILES string of the molecule is CC(=O)Nc1ccc(CCNc2cc(C)nc3ccccc23)cc1. The fourth-order valence-corrected chi connectivity index (χ4v) is 2.75. The van der Waals surface area contributed by atoms with Gasteiger partial charge in [0.05, 0.1) is 5.52 Å². The van der Waals surface area contributed by atoms with E-state index in [1.807, 2.05) is 49.4 Å². The third kappa shape index (κ3) is 3.90. The van der Waals surface area contributed by atoms with Crippen molar-refractivity contribution in [2.75, 3.05) is 17.2 Å². The van der Waals surface area contributed by atoms with Gasteiger partial charge in [0.2, 0.25) is 5.91 Å². The van der Waals surface area contributed by atoms with Gasteiger partial charge < -0.3 is 10.6 Å². The molecule has 2 aromatic carbocycles. The second kappa shape index (κ2) is 7.13. The standard InChI is InChI=1S/C20H21N3O/c1-14-13-20(18-5-3-4-6-19(18)22-14)21-12-11-16-7-9-17(10-8-16)23-15(2)24/h3-10,13H,11-12H2,1-2H3,(H,21,22)(H,23,24). The van der Waals surface area contributed by atoms with Gasteiger partial charge in [-0.25, -0.2) is 0 Å². The van der Waals surface area contributed by atoms with Crippen LogP contribution in [0.1, 0.15) is 18.2 Å². The summed E-state index contributed by atoms with van der Waals surface area (Å²) < 4.78 is 0. The number of hydrogen-bond donors (Lipinski definition) is 2. The second-order valence-corrected chi connectivity index (χ2v) is 5.88. The number of aromatic nitrogens is 1. The predicted octanol–water partition coefficient (Wildman–Crippen LogP) is 4.16. The van der Waals surface area contributed by atoms with Crippen LogP contribution in [0.5, 0.6) is 0 Å². The number of carbonyl (C=O) groups excluding carboxylic acids is 1. The van der Waals surface area contributed by atoms with Crippen molar-refractivity contribution < 1.29 is 4.79 Å². The summed E-state index contributed by atoms with van der Waals surface area (Å²) >= 11 is 0. The van der Waals surface area contributed by atoms with E-state index in [9.17, 15) is 4.79 Å². The van der Waals surface area contributed by atoms with Gasteiger partial charge in [0.1, 0.15) is 0 Å². The molecule has 0 fully saturated rings. The predicted molar refractivity (Wildman–Crippen MR) is 99.4 cm³/mol. The maximum Gasteiger partial charge on any atom is 0.221 e. The molecule has 3 rings (SSSR count). The highest BCUT2D eigenvalue weighted by atomic mass is 16.1. The van der Waals surface area contributed by atoms with Crippen LogP contribution in [-0.2, 0) is 11.2 Å². The lowest BCUT2D eigenvalue weighted by atomic mass is 10.1. The van der Waals surface area contributed by atoms with Gasteiger partial charge in [0.15, 0.2) is 0 Å². The molecule has 0 aliphatic heterocycles. The lowest BCUT2D eigenvalue weighted by molar-refractivity contribution is -0.114. The highest BCUT2D eigenvalue weighted by Crippen LogP contribution is 2.22. The minimum absolute atomic E-state index is 0.0515. The Kier molecular flexibility index (Phi) is 4.75. The Morgan fingerprint density at radius 1 is 1.08 bits per heavy atom. The van der Waals surface area contributed by atoms with E-state index in [0.29, 0.717) is 0 Å². The highest BCUT2D eigenvalue weighted by Gasteiger charge is 2.03. The van der Waals surface area contributed by atoms with Gasteiger partial charge in [-0.1, -0.05) is 30.3 Å². The van der Waals surface area contributed by atoms with Gasteiger partial charge in [0.25, 0.3) is 0 Å². The fraction of sp³-hybridized carbons (Fsp3) is 0.200. The number of aryl methyl sites for hydroxylation is 1. The molecule has 122 valence electrons. The third-order valence-electron chi connectivity index (χ3n) is 3.85. The van der Waals surface area contributed by atoms with E-state index in [-0.39, 0.29) is 5.91 Å². The molecule has 4 heteroatoms. The van der Waals surface area contributed by atoms with Crippen LogP contribution in [0.3, 0.4) is 0 Å². The molecule has 0 saturated carbocycles. The Hall–Kier alpha value is -2.88. The van der Waals surface area contributed by atoms with Gasteiger partial charge >= 0.3 is 0 Å². The number of anilines is 2. The first-order valence-corrected chi connectivity index (χ1v) is 8.08. The zero-order valence-electron chi connectivity index (χ0n) is 14.0. The molecule has 2 N–H and O–H groups in total. The summed E-state index contributed by atoms with van der Waals surface area (Å²) in [7, 11) is 0. The first-order chi connectivity index (χ1) is 11.6. The maximum atomic E-state index is 11.0. The second-order valence-electron chi connectivity index (χ2n) is 5.88. The Morgan fingerprint density at radius 3 is 2.58 bits per heavy atom. The van der Waals surface area contributed by atoms with Crippen molar-refractivity contribution in [2.45, 2.75) is 20.3 Å². The van der Waals surface area contributed by atoms with Crippen molar-refractivity contribution in [1.29, 1.82) is 0 Å². The molecule has 24 heavy (non-hydrogen) atoms. The van der Waals surface area contributed by atoms with Crippen LogP contribution in [0.4, 0.5) is 11.4 Å². The van der Waals surface area contributed by atoms with Crippen LogP contribution in [0.2, 0.25) is 0 Å². The zero-order valence-corrected chi connectivity index (χ0v) is 14.0. The third-order valence-corrected chi connectivity index (χ3v) is 3.85. The molecule has 0 radical (unpaired) electrons. The number of hydrogen-bond acceptors (Lipinski definition) is 3. The zero-order chi connectivity index (χ0) is 16.9. The maximum absolute atomic E-state index is 11.0. The van der Waals surface area contributed by atoms with Crippen LogP contribution >= 0.6 is 0 Å². The van der Waals surface area contributed by atoms with E-state index < -0.39 is 0 Å². The minimum atomic E-state index is -0.0515. The van der Waals surface area contributed by atoms with Crippen molar-refractivity contribution >= 4 is 28.2 Å². The van der Waals surface area contributed by atoms with E-state index >= 15 is 0 Å². The number of pyridine rings is 1. The topological polar surface area (TPSA) is 54.0 Å². The average molecular weight is 319 g/mol. The van der Waals surface area contributed by atoms with E-state index in [0.717, 1.165) is 40.9 Å². The van der Waals surface area contributed by atoms with Crippen LogP contribution in [0.25, 0.3) is 10.9 Å². The van der Waals surface area contributed by atoms with Gasteiger partial charge in [-0.05, 0) is 43.2 Å². The van der Waals surface area contributed by atoms with Gasteiger partial charge in [-0.15, -0.1) is 0 Å². The molecule has 3 aromatic rings. The summed E-state index contributed by atoms with van der Waals surface area (Å²) in [5, 5.41) is 7.44. The molecule has 0 aliphatic rings. The van der Waals surface area contributed by atoms with Gasteiger partial charge in [0, 0.05) is 35.9 Å². The summed E-state index contributed by atoms with van der Waals surface area (Å²) in [6.07, 6.45) is 0.913. The summed E-state index contributed by atoms with van der Waals surface area (Å²) in [4.78, 5) is 15.6. The number of para-hydroxylation sites is 1. The lowest BCUT2D eigenvalue weighted by Crippen LogP contribution is -2.07. The largest absolute Gasteiger partial charge is 0.384 e. The summed E-state index contributed by atoms with van der Waals surface area (Å²) in [5.41, 5.74) is 5.20. The first kappa shape index (κ1) is 16.0. The first-order valence-electron chi connectivity index (χ1n) is 8.08. The normalized spacial score (nSPS) is 10.6. The molecular formula is C20H21N3O. The van der Waals surface area contributed by atoms with Gasteiger partial charge in [-0.2, -0.15) is 0 Å². The molecule has 1 amide bonds. The quantitative estimate of drug-likeness (QED) is 0.742. The molecule has 1 aromatic heterocycles. The molecule has 0 spiro atoms. The van der Waals surface area contributed by atoms with E-state index in [1.165, 1.54) is 12.5 Å². The smallest absolute Gasteiger partial charge is 0.221 e. The number of carbonyl (C=O) groups is 1. The molecular weight excluding hydrogens is 298 g/mol. The van der Waals surface area contributed by atoms with E-state index in [1.54, 1.807) is 0 Å². The van der Waals surface area contributed by atoms with Crippen molar-refractivity contribution in [1.82, 2.24) is 4.98 Å². The molecule has 4 nitrogen and oxygen atoms in total. The molecule has 0 bridgehead atoms. The summed E-state index contributed by atoms with van der Waals surface area (Å²) in [6, 6.07) is 18.2. The van der Waals surface area contributed by atoms with Crippen molar-refractivity contribution in [2.24, 2.45) is 0 Å². The Morgan fingerprint density at radius 2 is 1.83 bits per heavy atom. The molecule has 0 atom stereocenters. The highest BCUT2D eigenvalue weighted by molar-refractivity contribution is 5.91. The number of fused-ring (bicyclic) bond motifs is 1. The van der Waals surface area contributed by atoms with Crippen LogP contribution in [-0.4, -0.2) is 17.4 Å². The minimum Gasteiger partial charge on any atom is -0.384 e. The number of rotatable bonds is 5. The number of nitrogens with one attached hydrogen (secondary N) is 2. The van der Waals surface area contributed by atoms with E-state index in [4.69, 9.17) is 0 Å². The van der Waals surface area contributed by atoms with Crippen molar-refractivity contribution in [3.8, 4) is 0 Å². The van der Waals surface area contributed by atoms with Crippen LogP contribution < -0.4 is 10.6 Å². The Labute approximate surface area is 141 Å². The Bertz CT molecular complexity index is 856. The summed E-state index contributed by atoms with van der Waals surface area (Å²) in [5.74, 6) is -0.0515. The Balaban J connectivity index is 1.65.